The van der Waals surface area contributed by atoms with Crippen LogP contribution in [0.25, 0.3) is 0 Å². The number of halogens is 1. The zero-order valence-electron chi connectivity index (χ0n) is 12.4. The van der Waals surface area contributed by atoms with Gasteiger partial charge in [-0.15, -0.1) is 0 Å². The topological polar surface area (TPSA) is 40.5 Å². The van der Waals surface area contributed by atoms with Crippen LogP contribution < -0.4 is 0 Å². The largest absolute Gasteiger partial charge is 0.384 e. The second-order valence-corrected chi connectivity index (χ2v) is 6.01. The van der Waals surface area contributed by atoms with Crippen molar-refractivity contribution in [2.75, 3.05) is 13.2 Å². The molecule has 1 unspecified atom stereocenters. The Morgan fingerprint density at radius 3 is 2.90 bits per heavy atom. The molecule has 1 aliphatic heterocycles. The van der Waals surface area contributed by atoms with E-state index < -0.39 is 0 Å². The normalized spacial score (nSPS) is 17.8. The quantitative estimate of drug-likeness (QED) is 0.854. The first kappa shape index (κ1) is 15.9. The van der Waals surface area contributed by atoms with Gasteiger partial charge in [0.1, 0.15) is 6.61 Å². The predicted molar refractivity (Wildman–Crippen MR) is 84.3 cm³/mol. The predicted octanol–water partition coefficient (Wildman–Crippen LogP) is 2.94. The van der Waals surface area contributed by atoms with E-state index in [1.54, 1.807) is 18.2 Å². The second kappa shape index (κ2) is 6.98. The third-order valence-corrected chi connectivity index (χ3v) is 4.16. The van der Waals surface area contributed by atoms with Gasteiger partial charge in [-0.3, -0.25) is 4.79 Å². The number of hydrogen-bond donors (Lipinski definition) is 1. The molecule has 0 radical (unpaired) electrons. The molecule has 112 valence electrons. The van der Waals surface area contributed by atoms with E-state index in [0.29, 0.717) is 28.1 Å². The summed E-state index contributed by atoms with van der Waals surface area (Å²) in [5.41, 5.74) is 1.23. The number of aliphatic hydroxyl groups is 1. The summed E-state index contributed by atoms with van der Waals surface area (Å²) in [6.45, 7) is 4.90. The summed E-state index contributed by atoms with van der Waals surface area (Å²) in [6, 6.07) is 5.47. The Morgan fingerprint density at radius 1 is 1.52 bits per heavy atom. The Labute approximate surface area is 130 Å². The summed E-state index contributed by atoms with van der Waals surface area (Å²) in [5, 5.41) is 9.15. The molecule has 0 spiro atoms. The van der Waals surface area contributed by atoms with Gasteiger partial charge >= 0.3 is 0 Å². The zero-order chi connectivity index (χ0) is 15.4. The van der Waals surface area contributed by atoms with E-state index in [4.69, 9.17) is 16.7 Å². The lowest BCUT2D eigenvalue weighted by Crippen LogP contribution is -2.38. The van der Waals surface area contributed by atoms with Crippen molar-refractivity contribution in [1.82, 2.24) is 4.90 Å². The van der Waals surface area contributed by atoms with Crippen LogP contribution in [0.1, 0.15) is 42.6 Å². The highest BCUT2D eigenvalue weighted by molar-refractivity contribution is 6.32. The van der Waals surface area contributed by atoms with E-state index in [0.717, 1.165) is 19.4 Å². The number of hydrogen-bond acceptors (Lipinski definition) is 2. The maximum absolute atomic E-state index is 12.6. The van der Waals surface area contributed by atoms with E-state index in [1.807, 2.05) is 4.90 Å². The van der Waals surface area contributed by atoms with Gasteiger partial charge in [-0.05, 0) is 37.0 Å². The van der Waals surface area contributed by atoms with E-state index in [1.165, 1.54) is 0 Å². The minimum absolute atomic E-state index is 0.0368. The van der Waals surface area contributed by atoms with Crippen LogP contribution in [0.15, 0.2) is 18.2 Å². The molecule has 4 heteroatoms. The van der Waals surface area contributed by atoms with Gasteiger partial charge < -0.3 is 10.0 Å². The molecule has 0 aliphatic carbocycles. The number of aliphatic hydroxyl groups excluding tert-OH is 1. The van der Waals surface area contributed by atoms with Crippen LogP contribution in [0.3, 0.4) is 0 Å². The SMILES string of the molecule is CC(C)C1CCCN1C(=O)c1ccc(C#CCO)c(Cl)c1. The number of rotatable bonds is 2. The van der Waals surface area contributed by atoms with Crippen molar-refractivity contribution < 1.29 is 9.90 Å². The Hall–Kier alpha value is -1.50. The summed E-state index contributed by atoms with van der Waals surface area (Å²) in [7, 11) is 0. The molecule has 0 aromatic heterocycles. The lowest BCUT2D eigenvalue weighted by molar-refractivity contribution is 0.0701. The molecule has 0 saturated carbocycles. The Balaban J connectivity index is 2.22. The fraction of sp³-hybridized carbons (Fsp3) is 0.471. The van der Waals surface area contributed by atoms with Crippen molar-refractivity contribution in [2.45, 2.75) is 32.7 Å². The smallest absolute Gasteiger partial charge is 0.254 e. The molecule has 1 saturated heterocycles. The second-order valence-electron chi connectivity index (χ2n) is 5.61. The number of amides is 1. The van der Waals surface area contributed by atoms with E-state index in [9.17, 15) is 4.79 Å². The molecule has 1 N–H and O–H groups in total. The van der Waals surface area contributed by atoms with Gasteiger partial charge in [0.2, 0.25) is 0 Å². The third kappa shape index (κ3) is 3.58. The molecule has 1 aliphatic rings. The standard InChI is InChI=1S/C17H20ClNO2/c1-12(2)16-6-3-9-19(16)17(21)14-8-7-13(5-4-10-20)15(18)11-14/h7-8,11-12,16,20H,3,6,9-10H2,1-2H3. The lowest BCUT2D eigenvalue weighted by Gasteiger charge is -2.27. The van der Waals surface area contributed by atoms with Gasteiger partial charge in [-0.2, -0.15) is 0 Å². The average Bonchev–Trinajstić information content (AvgIpc) is 2.94. The molecule has 0 bridgehead atoms. The Morgan fingerprint density at radius 2 is 2.29 bits per heavy atom. The number of nitrogens with zero attached hydrogens (tertiary/aromatic N) is 1. The molecular weight excluding hydrogens is 286 g/mol. The summed E-state index contributed by atoms with van der Waals surface area (Å²) in [4.78, 5) is 14.6. The van der Waals surface area contributed by atoms with Gasteiger partial charge in [0, 0.05) is 23.7 Å². The first-order valence-corrected chi connectivity index (χ1v) is 7.62. The van der Waals surface area contributed by atoms with Crippen LogP contribution in [-0.2, 0) is 0 Å². The Kier molecular flexibility index (Phi) is 5.27. The number of carbonyl (C=O) groups excluding carboxylic acids is 1. The van der Waals surface area contributed by atoms with Gasteiger partial charge in [0.05, 0.1) is 5.02 Å². The van der Waals surface area contributed by atoms with Crippen LogP contribution >= 0.6 is 11.6 Å². The van der Waals surface area contributed by atoms with E-state index in [-0.39, 0.29) is 12.5 Å². The van der Waals surface area contributed by atoms with Gasteiger partial charge in [0.25, 0.3) is 5.91 Å². The molecular formula is C17H20ClNO2. The van der Waals surface area contributed by atoms with Crippen LogP contribution in [0.4, 0.5) is 0 Å². The first-order chi connectivity index (χ1) is 10.0. The van der Waals surface area contributed by atoms with Crippen molar-refractivity contribution in [3.63, 3.8) is 0 Å². The highest BCUT2D eigenvalue weighted by Crippen LogP contribution is 2.26. The van der Waals surface area contributed by atoms with Gasteiger partial charge in [-0.1, -0.05) is 37.3 Å². The van der Waals surface area contributed by atoms with Crippen LogP contribution in [-0.4, -0.2) is 35.1 Å². The van der Waals surface area contributed by atoms with Crippen LogP contribution in [0.2, 0.25) is 5.02 Å². The summed E-state index contributed by atoms with van der Waals surface area (Å²) in [5.74, 6) is 5.82. The molecule has 3 nitrogen and oxygen atoms in total. The maximum Gasteiger partial charge on any atom is 0.254 e. The van der Waals surface area contributed by atoms with E-state index >= 15 is 0 Å². The summed E-state index contributed by atoms with van der Waals surface area (Å²) in [6.07, 6.45) is 2.12. The maximum atomic E-state index is 12.6. The van der Waals surface area contributed by atoms with Crippen molar-refractivity contribution in [3.05, 3.63) is 34.3 Å². The fourth-order valence-electron chi connectivity index (χ4n) is 2.79. The molecule has 1 atom stereocenters. The van der Waals surface area contributed by atoms with Crippen molar-refractivity contribution in [3.8, 4) is 11.8 Å². The van der Waals surface area contributed by atoms with Crippen molar-refractivity contribution >= 4 is 17.5 Å². The highest BCUT2D eigenvalue weighted by Gasteiger charge is 2.31. The molecule has 21 heavy (non-hydrogen) atoms. The minimum atomic E-state index is -0.207. The van der Waals surface area contributed by atoms with Gasteiger partial charge in [-0.25, -0.2) is 0 Å². The van der Waals surface area contributed by atoms with Crippen LogP contribution in [0, 0.1) is 17.8 Å². The van der Waals surface area contributed by atoms with E-state index in [2.05, 4.69) is 25.7 Å². The monoisotopic (exact) mass is 305 g/mol. The number of likely N-dealkylation sites (tertiary alicyclic amines) is 1. The van der Waals surface area contributed by atoms with Crippen molar-refractivity contribution in [1.29, 1.82) is 0 Å². The summed E-state index contributed by atoms with van der Waals surface area (Å²) < 4.78 is 0. The zero-order valence-corrected chi connectivity index (χ0v) is 13.2. The molecule has 1 heterocycles. The number of benzene rings is 1. The first-order valence-electron chi connectivity index (χ1n) is 7.25. The highest BCUT2D eigenvalue weighted by atomic mass is 35.5. The van der Waals surface area contributed by atoms with Crippen molar-refractivity contribution in [2.24, 2.45) is 5.92 Å². The average molecular weight is 306 g/mol. The fourth-order valence-corrected chi connectivity index (χ4v) is 3.02. The third-order valence-electron chi connectivity index (χ3n) is 3.85. The molecule has 1 aromatic carbocycles. The molecule has 1 aromatic rings. The molecule has 1 amide bonds. The minimum Gasteiger partial charge on any atom is -0.384 e. The lowest BCUT2D eigenvalue weighted by atomic mass is 10.0. The molecule has 1 fully saturated rings. The summed E-state index contributed by atoms with van der Waals surface area (Å²) >= 11 is 6.16. The molecule has 2 rings (SSSR count). The number of carbonyl (C=O) groups is 1. The van der Waals surface area contributed by atoms with Gasteiger partial charge in [0.15, 0.2) is 0 Å². The Bertz CT molecular complexity index is 586. The van der Waals surface area contributed by atoms with Crippen LogP contribution in [0.5, 0.6) is 0 Å².